The van der Waals surface area contributed by atoms with Crippen LogP contribution in [0, 0.1) is 0 Å². The van der Waals surface area contributed by atoms with Crippen LogP contribution < -0.4 is 0 Å². The van der Waals surface area contributed by atoms with E-state index in [9.17, 15) is 14.4 Å². The van der Waals surface area contributed by atoms with Crippen molar-refractivity contribution in [3.05, 3.63) is 122 Å². The van der Waals surface area contributed by atoms with Gasteiger partial charge < -0.3 is 14.2 Å². The summed E-state index contributed by atoms with van der Waals surface area (Å²) in [4.78, 5) is 37.9. The van der Waals surface area contributed by atoms with E-state index >= 15 is 0 Å². The molecule has 0 saturated carbocycles. The molecule has 0 amide bonds. The Bertz CT molecular complexity index is 1370. The van der Waals surface area contributed by atoms with Crippen molar-refractivity contribution in [2.45, 2.75) is 207 Å². The fraction of sp³-hybridized carbons (Fsp3) is 0.596. The second-order valence-corrected chi connectivity index (χ2v) is 16.1. The van der Waals surface area contributed by atoms with Crippen LogP contribution in [0.25, 0.3) is 0 Å². The molecule has 0 bridgehead atoms. The summed E-state index contributed by atoms with van der Waals surface area (Å²) in [6.07, 6.45) is 69.1. The van der Waals surface area contributed by atoms with E-state index in [2.05, 4.69) is 130 Å². The molecule has 0 saturated heterocycles. The molecule has 63 heavy (non-hydrogen) atoms. The minimum atomic E-state index is -0.839. The maximum Gasteiger partial charge on any atom is 0.306 e. The number of hydrogen-bond donors (Lipinski definition) is 0. The Labute approximate surface area is 386 Å². The smallest absolute Gasteiger partial charge is 0.306 e. The number of unbranched alkanes of at least 4 members (excludes halogenated alkanes) is 15. The molecule has 0 aromatic rings. The first kappa shape index (κ1) is 58.8. The highest BCUT2D eigenvalue weighted by atomic mass is 16.6. The largest absolute Gasteiger partial charge is 0.462 e. The van der Waals surface area contributed by atoms with Crippen LogP contribution in [-0.2, 0) is 28.6 Å². The third kappa shape index (κ3) is 48.7. The Morgan fingerprint density at radius 1 is 0.349 bits per heavy atom. The first-order valence-electron chi connectivity index (χ1n) is 25.1. The van der Waals surface area contributed by atoms with E-state index in [0.717, 1.165) is 109 Å². The van der Waals surface area contributed by atoms with E-state index in [0.29, 0.717) is 19.3 Å². The van der Waals surface area contributed by atoms with E-state index in [1.807, 2.05) is 12.2 Å². The Hall–Kier alpha value is -4.19. The van der Waals surface area contributed by atoms with Gasteiger partial charge in [0.2, 0.25) is 0 Å². The van der Waals surface area contributed by atoms with Crippen LogP contribution in [0.4, 0.5) is 0 Å². The maximum absolute atomic E-state index is 12.7. The van der Waals surface area contributed by atoms with E-state index in [4.69, 9.17) is 14.2 Å². The average Bonchev–Trinajstić information content (AvgIpc) is 3.28. The highest BCUT2D eigenvalue weighted by molar-refractivity contribution is 5.71. The zero-order valence-corrected chi connectivity index (χ0v) is 40.3. The van der Waals surface area contributed by atoms with E-state index < -0.39 is 12.1 Å². The van der Waals surface area contributed by atoms with E-state index in [1.54, 1.807) is 0 Å². The summed E-state index contributed by atoms with van der Waals surface area (Å²) in [7, 11) is 0. The van der Waals surface area contributed by atoms with Crippen molar-refractivity contribution in [3.8, 4) is 0 Å². The highest BCUT2D eigenvalue weighted by Crippen LogP contribution is 2.11. The van der Waals surface area contributed by atoms with Gasteiger partial charge in [0, 0.05) is 19.3 Å². The predicted molar refractivity (Wildman–Crippen MR) is 269 cm³/mol. The zero-order chi connectivity index (χ0) is 45.8. The predicted octanol–water partition coefficient (Wildman–Crippen LogP) is 16.5. The van der Waals surface area contributed by atoms with Gasteiger partial charge in [-0.1, -0.05) is 206 Å². The second-order valence-electron chi connectivity index (χ2n) is 16.1. The normalized spacial score (nSPS) is 13.1. The molecular weight excluding hydrogens is 781 g/mol. The molecule has 1 unspecified atom stereocenters. The van der Waals surface area contributed by atoms with Gasteiger partial charge in [-0.25, -0.2) is 0 Å². The Kier molecular flexibility index (Phi) is 47.1. The number of rotatable bonds is 43. The van der Waals surface area contributed by atoms with Crippen LogP contribution in [-0.4, -0.2) is 37.2 Å². The lowest BCUT2D eigenvalue weighted by Gasteiger charge is -2.18. The van der Waals surface area contributed by atoms with Crippen molar-refractivity contribution in [1.29, 1.82) is 0 Å². The molecule has 0 rings (SSSR count). The molecule has 0 N–H and O–H groups in total. The number of ether oxygens (including phenoxy) is 3. The fourth-order valence-corrected chi connectivity index (χ4v) is 6.23. The van der Waals surface area contributed by atoms with E-state index in [-0.39, 0.29) is 31.6 Å². The van der Waals surface area contributed by atoms with Gasteiger partial charge in [0.15, 0.2) is 6.10 Å². The van der Waals surface area contributed by atoms with Gasteiger partial charge in [0.1, 0.15) is 13.2 Å². The molecule has 0 aromatic heterocycles. The Morgan fingerprint density at radius 3 is 1.21 bits per heavy atom. The lowest BCUT2D eigenvalue weighted by molar-refractivity contribution is -0.166. The van der Waals surface area contributed by atoms with Crippen molar-refractivity contribution in [3.63, 3.8) is 0 Å². The standard InChI is InChI=1S/C57H90O6/c1-4-7-10-13-16-19-22-24-26-28-29-31-32-35-38-41-44-47-50-56(59)62-53-54(52-61-55(58)49-46-43-40-37-34-21-18-15-12-9-6-3)63-57(60)51-48-45-42-39-36-33-30-27-25-23-20-17-14-11-8-5-2/h8,11,15,17-18,20-22,24-29,31,33-34,36,42,45,54H,4-7,9-10,12-14,16,19,23,30,32,35,37-41,43-44,46-53H2,1-3H3/b11-8-,18-15-,20-17-,24-22-,27-25-,28-26-,31-29-,34-21-,36-33-,45-42-. The van der Waals surface area contributed by atoms with Gasteiger partial charge in [-0.3, -0.25) is 14.4 Å². The van der Waals surface area contributed by atoms with Gasteiger partial charge >= 0.3 is 17.9 Å². The molecular formula is C57H90O6. The lowest BCUT2D eigenvalue weighted by atomic mass is 10.1. The Balaban J connectivity index is 4.57. The van der Waals surface area contributed by atoms with Crippen LogP contribution in [0.15, 0.2) is 122 Å². The Morgan fingerprint density at radius 2 is 0.730 bits per heavy atom. The molecule has 0 aliphatic rings. The van der Waals surface area contributed by atoms with Crippen molar-refractivity contribution >= 4 is 17.9 Å². The molecule has 354 valence electrons. The first-order valence-corrected chi connectivity index (χ1v) is 25.1. The molecule has 0 fully saturated rings. The van der Waals surface area contributed by atoms with Crippen molar-refractivity contribution in [2.75, 3.05) is 13.2 Å². The maximum atomic E-state index is 12.7. The third-order valence-electron chi connectivity index (χ3n) is 10.0. The molecule has 6 nitrogen and oxygen atoms in total. The average molecular weight is 871 g/mol. The summed E-state index contributed by atoms with van der Waals surface area (Å²) in [5.74, 6) is -1.07. The van der Waals surface area contributed by atoms with Crippen LogP contribution >= 0.6 is 0 Å². The van der Waals surface area contributed by atoms with Crippen molar-refractivity contribution in [1.82, 2.24) is 0 Å². The lowest BCUT2D eigenvalue weighted by Crippen LogP contribution is -2.30. The van der Waals surface area contributed by atoms with Crippen molar-refractivity contribution < 1.29 is 28.6 Å². The molecule has 0 aliphatic carbocycles. The molecule has 0 aromatic carbocycles. The molecule has 0 aliphatic heterocycles. The summed E-state index contributed by atoms with van der Waals surface area (Å²) in [6, 6.07) is 0. The zero-order valence-electron chi connectivity index (χ0n) is 40.3. The first-order chi connectivity index (χ1) is 31.0. The van der Waals surface area contributed by atoms with Gasteiger partial charge in [-0.2, -0.15) is 0 Å². The second kappa shape index (κ2) is 50.5. The summed E-state index contributed by atoms with van der Waals surface area (Å²) < 4.78 is 16.6. The number of carbonyl (C=O) groups excluding carboxylic acids is 3. The topological polar surface area (TPSA) is 78.9 Å². The van der Waals surface area contributed by atoms with Gasteiger partial charge in [-0.05, 0) is 96.3 Å². The number of allylic oxidation sites excluding steroid dienone is 20. The fourth-order valence-electron chi connectivity index (χ4n) is 6.23. The van der Waals surface area contributed by atoms with Crippen LogP contribution in [0.3, 0.4) is 0 Å². The summed E-state index contributed by atoms with van der Waals surface area (Å²) in [5, 5.41) is 0. The number of hydrogen-bond acceptors (Lipinski definition) is 6. The summed E-state index contributed by atoms with van der Waals surface area (Å²) in [5.41, 5.74) is 0. The highest BCUT2D eigenvalue weighted by Gasteiger charge is 2.19. The summed E-state index contributed by atoms with van der Waals surface area (Å²) in [6.45, 7) is 6.32. The molecule has 6 heteroatoms. The molecule has 0 heterocycles. The monoisotopic (exact) mass is 871 g/mol. The number of esters is 3. The van der Waals surface area contributed by atoms with Crippen molar-refractivity contribution in [2.24, 2.45) is 0 Å². The van der Waals surface area contributed by atoms with Gasteiger partial charge in [0.05, 0.1) is 0 Å². The van der Waals surface area contributed by atoms with Crippen LogP contribution in [0.2, 0.25) is 0 Å². The molecule has 1 atom stereocenters. The minimum absolute atomic E-state index is 0.131. The van der Waals surface area contributed by atoms with Gasteiger partial charge in [0.25, 0.3) is 0 Å². The molecule has 0 radical (unpaired) electrons. The third-order valence-corrected chi connectivity index (χ3v) is 10.0. The SMILES string of the molecule is CC/C=C\C/C=C\C/C=C\C/C=C\C/C=C\CCC(=O)OC(COC(=O)CCCCC/C=C\C=C/CCCC)COC(=O)CCCCCCC\C=C/C=C\C=C/CCCCCCC. The van der Waals surface area contributed by atoms with E-state index in [1.165, 1.54) is 44.9 Å². The molecule has 0 spiro atoms. The number of carbonyl (C=O) groups is 3. The van der Waals surface area contributed by atoms with Crippen LogP contribution in [0.5, 0.6) is 0 Å². The van der Waals surface area contributed by atoms with Crippen LogP contribution in [0.1, 0.15) is 201 Å². The minimum Gasteiger partial charge on any atom is -0.462 e. The van der Waals surface area contributed by atoms with Gasteiger partial charge in [-0.15, -0.1) is 0 Å². The quantitative estimate of drug-likeness (QED) is 0.0200. The summed E-state index contributed by atoms with van der Waals surface area (Å²) >= 11 is 0.